The van der Waals surface area contributed by atoms with Crippen molar-refractivity contribution in [1.29, 1.82) is 0 Å². The first-order valence-corrected chi connectivity index (χ1v) is 9.12. The first-order chi connectivity index (χ1) is 11.4. The van der Waals surface area contributed by atoms with E-state index in [9.17, 15) is 13.2 Å². The minimum atomic E-state index is -4.66. The largest absolute Gasteiger partial charge is 0.573 e. The van der Waals surface area contributed by atoms with E-state index in [-0.39, 0.29) is 5.75 Å². The smallest absolute Gasteiger partial charge is 0.406 e. The maximum Gasteiger partial charge on any atom is 0.573 e. The Hall–Kier alpha value is -1.57. The van der Waals surface area contributed by atoms with E-state index in [1.54, 1.807) is 19.2 Å². The minimum Gasteiger partial charge on any atom is -0.406 e. The van der Waals surface area contributed by atoms with Gasteiger partial charge in [-0.25, -0.2) is 0 Å². The fourth-order valence-corrected chi connectivity index (χ4v) is 2.47. The molecule has 0 atom stereocenters. The van der Waals surface area contributed by atoms with Crippen LogP contribution in [0.5, 0.6) is 5.75 Å². The van der Waals surface area contributed by atoms with Crippen LogP contribution in [0.4, 0.5) is 13.2 Å². The Morgan fingerprint density at radius 1 is 1.12 bits per heavy atom. The predicted octanol–water partition coefficient (Wildman–Crippen LogP) is 3.44. The molecule has 0 aromatic heterocycles. The summed E-state index contributed by atoms with van der Waals surface area (Å²) in [5, 5.41) is 6.42. The van der Waals surface area contributed by atoms with Crippen LogP contribution in [0.15, 0.2) is 29.3 Å². The Bertz CT molecular complexity index is 492. The summed E-state index contributed by atoms with van der Waals surface area (Å²) in [6, 6.07) is 5.89. The lowest BCUT2D eigenvalue weighted by Gasteiger charge is -2.12. The van der Waals surface area contributed by atoms with Crippen molar-refractivity contribution in [3.05, 3.63) is 29.8 Å². The van der Waals surface area contributed by atoms with Crippen LogP contribution in [0.1, 0.15) is 18.4 Å². The molecule has 0 heterocycles. The standard InChI is InChI=1S/C16H24F3N3OS/c1-20-15(21-10-3-4-12-24-2)22-11-9-13-5-7-14(8-6-13)23-16(17,18)19/h5-8H,3-4,9-12H2,1-2H3,(H2,20,21,22). The van der Waals surface area contributed by atoms with Crippen LogP contribution in [0, 0.1) is 0 Å². The van der Waals surface area contributed by atoms with E-state index in [1.165, 1.54) is 12.1 Å². The topological polar surface area (TPSA) is 45.7 Å². The van der Waals surface area contributed by atoms with Crippen LogP contribution < -0.4 is 15.4 Å². The zero-order chi connectivity index (χ0) is 17.8. The molecule has 0 aliphatic carbocycles. The summed E-state index contributed by atoms with van der Waals surface area (Å²) in [6.45, 7) is 1.51. The van der Waals surface area contributed by atoms with Crippen molar-refractivity contribution < 1.29 is 17.9 Å². The molecule has 1 rings (SSSR count). The van der Waals surface area contributed by atoms with Gasteiger partial charge in [0.25, 0.3) is 0 Å². The van der Waals surface area contributed by atoms with E-state index in [1.807, 2.05) is 11.8 Å². The summed E-state index contributed by atoms with van der Waals surface area (Å²) in [7, 11) is 1.71. The summed E-state index contributed by atoms with van der Waals surface area (Å²) in [6.07, 6.45) is 0.367. The van der Waals surface area contributed by atoms with Gasteiger partial charge in [0.1, 0.15) is 5.75 Å². The summed E-state index contributed by atoms with van der Waals surface area (Å²) >= 11 is 1.84. The number of hydrogen-bond acceptors (Lipinski definition) is 3. The molecule has 4 nitrogen and oxygen atoms in total. The van der Waals surface area contributed by atoms with Crippen LogP contribution in [0.2, 0.25) is 0 Å². The molecule has 2 N–H and O–H groups in total. The van der Waals surface area contributed by atoms with Gasteiger partial charge in [0.2, 0.25) is 0 Å². The molecule has 0 radical (unpaired) electrons. The molecule has 0 amide bonds. The average Bonchev–Trinajstić information content (AvgIpc) is 2.53. The molecule has 0 spiro atoms. The van der Waals surface area contributed by atoms with Crippen molar-refractivity contribution in [2.24, 2.45) is 4.99 Å². The molecule has 0 aliphatic heterocycles. The molecular weight excluding hydrogens is 339 g/mol. The number of nitrogens with one attached hydrogen (secondary N) is 2. The summed E-state index contributed by atoms with van der Waals surface area (Å²) in [5.41, 5.74) is 0.924. The Balaban J connectivity index is 2.27. The highest BCUT2D eigenvalue weighted by Gasteiger charge is 2.30. The normalized spacial score (nSPS) is 12.1. The van der Waals surface area contributed by atoms with Crippen LogP contribution >= 0.6 is 11.8 Å². The van der Waals surface area contributed by atoms with Gasteiger partial charge in [0, 0.05) is 20.1 Å². The number of aliphatic imine (C=N–C) groups is 1. The molecule has 1 aromatic carbocycles. The number of rotatable bonds is 9. The average molecular weight is 363 g/mol. The molecule has 1 aromatic rings. The molecule has 0 saturated carbocycles. The number of thioether (sulfide) groups is 1. The molecule has 8 heteroatoms. The number of ether oxygens (including phenoxy) is 1. The van der Waals surface area contributed by atoms with Crippen molar-refractivity contribution in [3.8, 4) is 5.75 Å². The van der Waals surface area contributed by atoms with Gasteiger partial charge in [-0.15, -0.1) is 13.2 Å². The predicted molar refractivity (Wildman–Crippen MR) is 93.8 cm³/mol. The lowest BCUT2D eigenvalue weighted by Crippen LogP contribution is -2.38. The van der Waals surface area contributed by atoms with Gasteiger partial charge in [-0.3, -0.25) is 4.99 Å². The molecule has 0 fully saturated rings. The van der Waals surface area contributed by atoms with E-state index in [0.29, 0.717) is 13.0 Å². The highest BCUT2D eigenvalue weighted by Crippen LogP contribution is 2.22. The Morgan fingerprint density at radius 2 is 1.79 bits per heavy atom. The van der Waals surface area contributed by atoms with E-state index in [2.05, 4.69) is 26.6 Å². The van der Waals surface area contributed by atoms with E-state index >= 15 is 0 Å². The van der Waals surface area contributed by atoms with Crippen LogP contribution in [0.25, 0.3) is 0 Å². The molecule has 24 heavy (non-hydrogen) atoms. The van der Waals surface area contributed by atoms with Gasteiger partial charge < -0.3 is 15.4 Å². The second-order valence-electron chi connectivity index (χ2n) is 5.07. The molecule has 136 valence electrons. The Morgan fingerprint density at radius 3 is 2.38 bits per heavy atom. The number of halogens is 3. The van der Waals surface area contributed by atoms with Crippen LogP contribution in [-0.4, -0.2) is 44.5 Å². The van der Waals surface area contributed by atoms with Gasteiger partial charge >= 0.3 is 6.36 Å². The van der Waals surface area contributed by atoms with E-state index in [4.69, 9.17) is 0 Å². The number of nitrogens with zero attached hydrogens (tertiary/aromatic N) is 1. The second kappa shape index (κ2) is 11.1. The third-order valence-electron chi connectivity index (χ3n) is 3.15. The highest BCUT2D eigenvalue weighted by atomic mass is 32.2. The summed E-state index contributed by atoms with van der Waals surface area (Å²) in [5.74, 6) is 1.68. The number of guanidine groups is 1. The van der Waals surface area contributed by atoms with Gasteiger partial charge in [-0.2, -0.15) is 11.8 Å². The van der Waals surface area contributed by atoms with Crippen molar-refractivity contribution in [2.75, 3.05) is 32.1 Å². The number of unbranched alkanes of at least 4 members (excludes halogenated alkanes) is 1. The van der Waals surface area contributed by atoms with Crippen molar-refractivity contribution in [1.82, 2.24) is 10.6 Å². The molecule has 0 aliphatic rings. The number of benzene rings is 1. The van der Waals surface area contributed by atoms with Gasteiger partial charge in [0.15, 0.2) is 5.96 Å². The molecule has 0 unspecified atom stereocenters. The third-order valence-corrected chi connectivity index (χ3v) is 3.85. The maximum absolute atomic E-state index is 12.1. The molecule has 0 bridgehead atoms. The minimum absolute atomic E-state index is 0.207. The summed E-state index contributed by atoms with van der Waals surface area (Å²) in [4.78, 5) is 4.14. The first-order valence-electron chi connectivity index (χ1n) is 7.72. The Kier molecular flexibility index (Phi) is 9.44. The van der Waals surface area contributed by atoms with Crippen molar-refractivity contribution in [3.63, 3.8) is 0 Å². The molecule has 0 saturated heterocycles. The summed E-state index contributed by atoms with van der Waals surface area (Å²) < 4.78 is 40.1. The van der Waals surface area contributed by atoms with E-state index in [0.717, 1.165) is 36.7 Å². The SMILES string of the molecule is CN=C(NCCCCSC)NCCc1ccc(OC(F)(F)F)cc1. The molecular formula is C16H24F3N3OS. The van der Waals surface area contributed by atoms with E-state index < -0.39 is 6.36 Å². The van der Waals surface area contributed by atoms with Crippen molar-refractivity contribution >= 4 is 17.7 Å². The fourth-order valence-electron chi connectivity index (χ4n) is 1.98. The van der Waals surface area contributed by atoms with Crippen molar-refractivity contribution in [2.45, 2.75) is 25.6 Å². The Labute approximate surface area is 145 Å². The van der Waals surface area contributed by atoms with Crippen LogP contribution in [0.3, 0.4) is 0 Å². The quantitative estimate of drug-likeness (QED) is 0.401. The second-order valence-corrected chi connectivity index (χ2v) is 6.05. The van der Waals surface area contributed by atoms with Crippen LogP contribution in [-0.2, 0) is 6.42 Å². The fraction of sp³-hybridized carbons (Fsp3) is 0.562. The monoisotopic (exact) mass is 363 g/mol. The number of alkyl halides is 3. The highest BCUT2D eigenvalue weighted by molar-refractivity contribution is 7.98. The van der Waals surface area contributed by atoms with Gasteiger partial charge in [0.05, 0.1) is 0 Å². The lowest BCUT2D eigenvalue weighted by molar-refractivity contribution is -0.274. The van der Waals surface area contributed by atoms with Gasteiger partial charge in [-0.1, -0.05) is 12.1 Å². The third kappa shape index (κ3) is 9.54. The first kappa shape index (κ1) is 20.5. The maximum atomic E-state index is 12.1. The zero-order valence-corrected chi connectivity index (χ0v) is 14.8. The lowest BCUT2D eigenvalue weighted by atomic mass is 10.1. The van der Waals surface area contributed by atoms with Gasteiger partial charge in [-0.05, 0) is 49.0 Å². The zero-order valence-electron chi connectivity index (χ0n) is 13.9. The number of hydrogen-bond donors (Lipinski definition) is 2.